The third kappa shape index (κ3) is 4.94. The van der Waals surface area contributed by atoms with Crippen molar-refractivity contribution in [2.24, 2.45) is 0 Å². The van der Waals surface area contributed by atoms with Gasteiger partial charge in [0.05, 0.1) is 22.6 Å². The number of hydrogen-bond acceptors (Lipinski definition) is 6. The maximum atomic E-state index is 13.0. The molecule has 0 amide bonds. The van der Waals surface area contributed by atoms with Gasteiger partial charge in [0, 0.05) is 35.2 Å². The summed E-state index contributed by atoms with van der Waals surface area (Å²) in [6.45, 7) is 0. The number of carbonyl (C=O) groups excluding carboxylic acids is 1. The molecule has 0 saturated carbocycles. The summed E-state index contributed by atoms with van der Waals surface area (Å²) in [5, 5.41) is 15.3. The number of carbonyl (C=O) groups is 1. The number of nitriles is 1. The molecule has 0 bridgehead atoms. The van der Waals surface area contributed by atoms with Gasteiger partial charge in [0.25, 0.3) is 6.43 Å². The molecule has 0 spiro atoms. The lowest BCUT2D eigenvalue weighted by molar-refractivity contribution is -0.115. The summed E-state index contributed by atoms with van der Waals surface area (Å²) < 4.78 is 46.8. The molecule has 1 atom stereocenters. The van der Waals surface area contributed by atoms with Crippen molar-refractivity contribution in [2.45, 2.75) is 30.2 Å². The number of ketones is 1. The van der Waals surface area contributed by atoms with E-state index in [0.717, 1.165) is 0 Å². The Morgan fingerprint density at radius 2 is 1.90 bits per heavy atom. The van der Waals surface area contributed by atoms with Crippen LogP contribution in [0.3, 0.4) is 0 Å². The van der Waals surface area contributed by atoms with Crippen LogP contribution in [0.1, 0.15) is 42.0 Å². The van der Waals surface area contributed by atoms with Crippen molar-refractivity contribution in [3.05, 3.63) is 70.4 Å². The predicted molar refractivity (Wildman–Crippen MR) is 116 cm³/mol. The number of halogens is 2. The largest absolute Gasteiger partial charge is 0.358 e. The van der Waals surface area contributed by atoms with E-state index >= 15 is 0 Å². The first-order valence-electron chi connectivity index (χ1n) is 9.51. The molecule has 1 aliphatic carbocycles. The molecule has 1 aliphatic rings. The van der Waals surface area contributed by atoms with Crippen LogP contribution < -0.4 is 10.6 Å². The fraction of sp³-hybridized carbons (Fsp3) is 0.273. The zero-order chi connectivity index (χ0) is 22.8. The summed E-state index contributed by atoms with van der Waals surface area (Å²) in [4.78, 5) is 13.0. The molecule has 0 radical (unpaired) electrons. The first kappa shape index (κ1) is 22.9. The molecule has 2 aromatic rings. The smallest absolute Gasteiger partial charge is 0.263 e. The lowest BCUT2D eigenvalue weighted by Gasteiger charge is -2.32. The number of benzene rings is 2. The third-order valence-electron chi connectivity index (χ3n) is 5.11. The summed E-state index contributed by atoms with van der Waals surface area (Å²) in [7, 11) is -1.55. The van der Waals surface area contributed by atoms with Gasteiger partial charge in [0.1, 0.15) is 0 Å². The zero-order valence-electron chi connectivity index (χ0n) is 17.0. The van der Waals surface area contributed by atoms with Gasteiger partial charge in [0.15, 0.2) is 5.78 Å². The molecular weight excluding hydrogens is 424 g/mol. The number of anilines is 1. The Kier molecular flexibility index (Phi) is 6.77. The van der Waals surface area contributed by atoms with E-state index in [4.69, 9.17) is 0 Å². The molecule has 3 rings (SSSR count). The summed E-state index contributed by atoms with van der Waals surface area (Å²) in [5.74, 6) is -0.130. The first-order valence-corrected chi connectivity index (χ1v) is 11.5. The second-order valence-corrected chi connectivity index (χ2v) is 9.39. The maximum absolute atomic E-state index is 13.0. The van der Waals surface area contributed by atoms with Crippen molar-refractivity contribution in [3.63, 3.8) is 0 Å². The van der Waals surface area contributed by atoms with Gasteiger partial charge in [-0.3, -0.25) is 13.9 Å². The van der Waals surface area contributed by atoms with Crippen LogP contribution in [0.25, 0.3) is 0 Å². The number of Topliss-reactive ketones (excluding diaryl/α,β-unsaturated/α-hetero) is 1. The molecule has 0 fully saturated rings. The van der Waals surface area contributed by atoms with Crippen LogP contribution in [0.5, 0.6) is 0 Å². The van der Waals surface area contributed by atoms with Gasteiger partial charge in [-0.25, -0.2) is 8.78 Å². The molecule has 31 heavy (non-hydrogen) atoms. The van der Waals surface area contributed by atoms with Crippen molar-refractivity contribution in [2.75, 3.05) is 18.6 Å². The normalized spacial score (nSPS) is 15.9. The van der Waals surface area contributed by atoms with Crippen molar-refractivity contribution < 1.29 is 22.7 Å². The molecule has 0 heterocycles. The molecule has 0 saturated heterocycles. The lowest BCUT2D eigenvalue weighted by atomic mass is 9.95. The highest BCUT2D eigenvalue weighted by atomic mass is 32.3. The van der Waals surface area contributed by atoms with Crippen LogP contribution in [-0.2, 0) is 4.79 Å². The molecule has 0 aromatic heterocycles. The van der Waals surface area contributed by atoms with Crippen LogP contribution >= 0.6 is 10.6 Å². The highest BCUT2D eigenvalue weighted by Crippen LogP contribution is 2.49. The summed E-state index contributed by atoms with van der Waals surface area (Å²) in [6, 6.07) is 11.7. The van der Waals surface area contributed by atoms with Crippen molar-refractivity contribution >= 4 is 22.1 Å². The first-order chi connectivity index (χ1) is 14.7. The van der Waals surface area contributed by atoms with Crippen LogP contribution in [0.15, 0.2) is 58.6 Å². The second kappa shape index (κ2) is 9.16. The fourth-order valence-corrected chi connectivity index (χ4v) is 4.68. The van der Waals surface area contributed by atoms with Crippen LogP contribution in [0.2, 0.25) is 0 Å². The molecular formula is C22H23F2N3O3S. The van der Waals surface area contributed by atoms with E-state index in [9.17, 15) is 27.9 Å². The topological polar surface area (TPSA) is 105 Å². The van der Waals surface area contributed by atoms with Crippen LogP contribution in [0, 0.1) is 11.3 Å². The van der Waals surface area contributed by atoms with Gasteiger partial charge in [-0.05, 0) is 43.3 Å². The van der Waals surface area contributed by atoms with Gasteiger partial charge >= 0.3 is 0 Å². The summed E-state index contributed by atoms with van der Waals surface area (Å²) in [6.07, 6.45) is -0.696. The summed E-state index contributed by atoms with van der Waals surface area (Å²) in [5.41, 5.74) is 2.03. The molecule has 4 N–H and O–H groups in total. The number of rotatable bonds is 7. The molecule has 0 aliphatic heterocycles. The second-order valence-electron chi connectivity index (χ2n) is 7.29. The van der Waals surface area contributed by atoms with E-state index in [2.05, 4.69) is 10.6 Å². The van der Waals surface area contributed by atoms with Crippen LogP contribution in [0.4, 0.5) is 14.5 Å². The van der Waals surface area contributed by atoms with Gasteiger partial charge in [0.2, 0.25) is 0 Å². The Morgan fingerprint density at radius 1 is 1.16 bits per heavy atom. The average Bonchev–Trinajstić information content (AvgIpc) is 3.08. The molecule has 1 unspecified atom stereocenters. The maximum Gasteiger partial charge on any atom is 0.263 e. The minimum atomic E-state index is -3.19. The van der Waals surface area contributed by atoms with Crippen molar-refractivity contribution in [1.82, 2.24) is 5.32 Å². The van der Waals surface area contributed by atoms with Crippen LogP contribution in [-0.4, -0.2) is 28.2 Å². The highest BCUT2D eigenvalue weighted by Gasteiger charge is 2.33. The number of likely N-dealkylation sites (N-methyl/N-ethyl adjacent to an activating group) is 1. The average molecular weight is 448 g/mol. The molecule has 9 heteroatoms. The van der Waals surface area contributed by atoms with Gasteiger partial charge in [-0.1, -0.05) is 18.2 Å². The van der Waals surface area contributed by atoms with Gasteiger partial charge in [-0.15, -0.1) is 0 Å². The Hall–Kier alpha value is -2.77. The van der Waals surface area contributed by atoms with Gasteiger partial charge < -0.3 is 10.6 Å². The van der Waals surface area contributed by atoms with E-state index in [1.807, 2.05) is 6.07 Å². The SMILES string of the molecule is CNC(C1=C(Nc2cccc(C(F)F)c2)CCC1=O)c1ccc(C#N)cc1S(C)(O)O. The minimum absolute atomic E-state index is 0.129. The Balaban J connectivity index is 2.08. The van der Waals surface area contributed by atoms with E-state index in [0.29, 0.717) is 28.9 Å². The number of nitrogens with zero attached hydrogens (tertiary/aromatic N) is 1. The standard InChI is InChI=1S/C22H23F2N3O3S/c1-26-21(16-7-6-13(12-25)10-19(16)31(2,29)30)20-17(8-9-18(20)28)27-15-5-3-4-14(11-15)22(23)24/h3-7,10-11,21-22,26-27,29-30H,8-9H2,1-2H3. The molecule has 164 valence electrons. The minimum Gasteiger partial charge on any atom is -0.358 e. The summed E-state index contributed by atoms with van der Waals surface area (Å²) >= 11 is 0. The molecule has 6 nitrogen and oxygen atoms in total. The number of nitrogens with one attached hydrogen (secondary N) is 2. The zero-order valence-corrected chi connectivity index (χ0v) is 17.8. The third-order valence-corrected chi connectivity index (χ3v) is 6.30. The van der Waals surface area contributed by atoms with Crippen molar-refractivity contribution in [1.29, 1.82) is 5.26 Å². The Bertz CT molecular complexity index is 1070. The van der Waals surface area contributed by atoms with E-state index < -0.39 is 23.1 Å². The van der Waals surface area contributed by atoms with E-state index in [1.165, 1.54) is 30.5 Å². The number of hydrogen-bond donors (Lipinski definition) is 4. The van der Waals surface area contributed by atoms with E-state index in [-0.39, 0.29) is 28.2 Å². The lowest BCUT2D eigenvalue weighted by Crippen LogP contribution is -2.24. The van der Waals surface area contributed by atoms with E-state index in [1.54, 1.807) is 25.2 Å². The monoisotopic (exact) mass is 447 g/mol. The van der Waals surface area contributed by atoms with Gasteiger partial charge in [-0.2, -0.15) is 15.9 Å². The Morgan fingerprint density at radius 3 is 2.52 bits per heavy atom. The fourth-order valence-electron chi connectivity index (χ4n) is 3.70. The number of allylic oxidation sites excluding steroid dienone is 1. The quantitative estimate of drug-likeness (QED) is 0.464. The Labute approximate surface area is 180 Å². The highest BCUT2D eigenvalue weighted by molar-refractivity contribution is 8.23. The number of alkyl halides is 2. The predicted octanol–water partition coefficient (Wildman–Crippen LogP) is 5.22. The van der Waals surface area contributed by atoms with Crippen molar-refractivity contribution in [3.8, 4) is 6.07 Å². The molecule has 2 aromatic carbocycles.